The fourth-order valence-corrected chi connectivity index (χ4v) is 2.24. The van der Waals surface area contributed by atoms with Crippen LogP contribution in [0.3, 0.4) is 0 Å². The van der Waals surface area contributed by atoms with Gasteiger partial charge in [0.25, 0.3) is 0 Å². The third-order valence-electron chi connectivity index (χ3n) is 3.30. The topological polar surface area (TPSA) is 33.2 Å². The van der Waals surface area contributed by atoms with Crippen molar-refractivity contribution in [3.8, 4) is 0 Å². The highest BCUT2D eigenvalue weighted by Gasteiger charge is 2.15. The van der Waals surface area contributed by atoms with Gasteiger partial charge in [-0.1, -0.05) is 30.3 Å². The summed E-state index contributed by atoms with van der Waals surface area (Å²) < 4.78 is 0. The van der Waals surface area contributed by atoms with Crippen LogP contribution < -0.4 is 4.90 Å². The third-order valence-corrected chi connectivity index (χ3v) is 3.30. The summed E-state index contributed by atoms with van der Waals surface area (Å²) in [6.07, 6.45) is 2.47. The molecule has 0 radical (unpaired) electrons. The Kier molecular flexibility index (Phi) is 4.51. The molecule has 1 aromatic carbocycles. The molecule has 0 saturated carbocycles. The van der Waals surface area contributed by atoms with Crippen LogP contribution in [0.1, 0.15) is 35.3 Å². The number of rotatable bonds is 5. The van der Waals surface area contributed by atoms with Crippen LogP contribution in [0.25, 0.3) is 0 Å². The summed E-state index contributed by atoms with van der Waals surface area (Å²) in [7, 11) is 0. The van der Waals surface area contributed by atoms with Crippen LogP contribution in [0.15, 0.2) is 42.6 Å². The number of carbonyl (C=O) groups excluding carboxylic acids is 1. The SMILES string of the molecule is Cc1cc(C=O)cnc1N(Cc1ccccc1)C(C)C. The first-order chi connectivity index (χ1) is 9.61. The van der Waals surface area contributed by atoms with Crippen molar-refractivity contribution in [3.05, 3.63) is 59.3 Å². The molecule has 0 unspecified atom stereocenters. The van der Waals surface area contributed by atoms with Crippen LogP contribution in [0.2, 0.25) is 0 Å². The van der Waals surface area contributed by atoms with E-state index in [1.165, 1.54) is 5.56 Å². The minimum Gasteiger partial charge on any atom is -0.350 e. The number of aromatic nitrogens is 1. The van der Waals surface area contributed by atoms with Crippen molar-refractivity contribution in [3.63, 3.8) is 0 Å². The van der Waals surface area contributed by atoms with Crippen molar-refractivity contribution in [1.82, 2.24) is 4.98 Å². The van der Waals surface area contributed by atoms with Crippen LogP contribution in [-0.2, 0) is 6.54 Å². The van der Waals surface area contributed by atoms with E-state index in [0.29, 0.717) is 11.6 Å². The van der Waals surface area contributed by atoms with Gasteiger partial charge in [-0.3, -0.25) is 4.79 Å². The Morgan fingerprint density at radius 2 is 1.95 bits per heavy atom. The van der Waals surface area contributed by atoms with Gasteiger partial charge in [0.2, 0.25) is 0 Å². The van der Waals surface area contributed by atoms with E-state index in [-0.39, 0.29) is 0 Å². The van der Waals surface area contributed by atoms with Gasteiger partial charge in [-0.05, 0) is 38.0 Å². The van der Waals surface area contributed by atoms with Crippen molar-refractivity contribution in [2.75, 3.05) is 4.90 Å². The van der Waals surface area contributed by atoms with Crippen molar-refractivity contribution < 1.29 is 4.79 Å². The van der Waals surface area contributed by atoms with Crippen LogP contribution >= 0.6 is 0 Å². The standard InChI is InChI=1S/C17H20N2O/c1-13(2)19(11-15-7-5-4-6-8-15)17-14(3)9-16(12-20)10-18-17/h4-10,12-13H,11H2,1-3H3. The molecule has 104 valence electrons. The summed E-state index contributed by atoms with van der Waals surface area (Å²) in [5, 5.41) is 0. The predicted molar refractivity (Wildman–Crippen MR) is 82.1 cm³/mol. The lowest BCUT2D eigenvalue weighted by molar-refractivity contribution is 0.112. The molecular weight excluding hydrogens is 248 g/mol. The lowest BCUT2D eigenvalue weighted by Gasteiger charge is -2.29. The lowest BCUT2D eigenvalue weighted by Crippen LogP contribution is -2.31. The molecule has 3 nitrogen and oxygen atoms in total. The fourth-order valence-electron chi connectivity index (χ4n) is 2.24. The zero-order valence-electron chi connectivity index (χ0n) is 12.2. The molecule has 1 heterocycles. The summed E-state index contributed by atoms with van der Waals surface area (Å²) in [6, 6.07) is 12.6. The summed E-state index contributed by atoms with van der Waals surface area (Å²) >= 11 is 0. The maximum Gasteiger partial charge on any atom is 0.151 e. The van der Waals surface area contributed by atoms with E-state index in [1.54, 1.807) is 6.20 Å². The Balaban J connectivity index is 2.31. The largest absolute Gasteiger partial charge is 0.350 e. The first-order valence-corrected chi connectivity index (χ1v) is 6.84. The highest BCUT2D eigenvalue weighted by atomic mass is 16.1. The molecule has 0 aliphatic carbocycles. The molecule has 20 heavy (non-hydrogen) atoms. The average molecular weight is 268 g/mol. The molecule has 0 spiro atoms. The summed E-state index contributed by atoms with van der Waals surface area (Å²) in [5.41, 5.74) is 2.90. The fraction of sp³-hybridized carbons (Fsp3) is 0.294. The van der Waals surface area contributed by atoms with Gasteiger partial charge in [0.05, 0.1) is 0 Å². The number of benzene rings is 1. The minimum absolute atomic E-state index is 0.337. The summed E-state index contributed by atoms with van der Waals surface area (Å²) in [5.74, 6) is 0.939. The molecular formula is C17H20N2O. The van der Waals surface area contributed by atoms with Gasteiger partial charge >= 0.3 is 0 Å². The van der Waals surface area contributed by atoms with E-state index in [0.717, 1.165) is 24.2 Å². The van der Waals surface area contributed by atoms with Crippen LogP contribution in [0.5, 0.6) is 0 Å². The van der Waals surface area contributed by atoms with Gasteiger partial charge in [-0.2, -0.15) is 0 Å². The molecule has 2 rings (SSSR count). The lowest BCUT2D eigenvalue weighted by atomic mass is 10.1. The third kappa shape index (κ3) is 3.23. The van der Waals surface area contributed by atoms with Crippen molar-refractivity contribution in [2.45, 2.75) is 33.4 Å². The quantitative estimate of drug-likeness (QED) is 0.777. The molecule has 1 aromatic heterocycles. The number of aldehydes is 1. The first kappa shape index (κ1) is 14.3. The molecule has 0 aliphatic heterocycles. The van der Waals surface area contributed by atoms with Gasteiger partial charge in [-0.15, -0.1) is 0 Å². The van der Waals surface area contributed by atoms with Crippen molar-refractivity contribution in [2.24, 2.45) is 0 Å². The highest BCUT2D eigenvalue weighted by Crippen LogP contribution is 2.22. The first-order valence-electron chi connectivity index (χ1n) is 6.84. The second-order valence-corrected chi connectivity index (χ2v) is 5.23. The second kappa shape index (κ2) is 6.33. The van der Waals surface area contributed by atoms with E-state index in [9.17, 15) is 4.79 Å². The van der Waals surface area contributed by atoms with Crippen LogP contribution in [0, 0.1) is 6.92 Å². The number of pyridine rings is 1. The second-order valence-electron chi connectivity index (χ2n) is 5.23. The van der Waals surface area contributed by atoms with Gasteiger partial charge in [0.1, 0.15) is 5.82 Å². The van der Waals surface area contributed by atoms with Crippen molar-refractivity contribution >= 4 is 12.1 Å². The number of carbonyl (C=O) groups is 1. The molecule has 2 aromatic rings. The maximum atomic E-state index is 10.8. The van der Waals surface area contributed by atoms with E-state index in [2.05, 4.69) is 35.9 Å². The number of anilines is 1. The molecule has 0 saturated heterocycles. The van der Waals surface area contributed by atoms with E-state index >= 15 is 0 Å². The Morgan fingerprint density at radius 3 is 2.50 bits per heavy atom. The molecule has 3 heteroatoms. The average Bonchev–Trinajstić information content (AvgIpc) is 2.46. The molecule has 0 N–H and O–H groups in total. The van der Waals surface area contributed by atoms with E-state index < -0.39 is 0 Å². The highest BCUT2D eigenvalue weighted by molar-refractivity contribution is 5.75. The van der Waals surface area contributed by atoms with Crippen molar-refractivity contribution in [1.29, 1.82) is 0 Å². The zero-order valence-corrected chi connectivity index (χ0v) is 12.2. The van der Waals surface area contributed by atoms with Gasteiger partial charge in [-0.25, -0.2) is 4.98 Å². The smallest absolute Gasteiger partial charge is 0.151 e. The van der Waals surface area contributed by atoms with Gasteiger partial charge in [0, 0.05) is 24.3 Å². The predicted octanol–water partition coefficient (Wildman–Crippen LogP) is 3.62. The van der Waals surface area contributed by atoms with Gasteiger partial charge in [0.15, 0.2) is 6.29 Å². The number of aryl methyl sites for hydroxylation is 1. The van der Waals surface area contributed by atoms with Crippen LogP contribution in [0.4, 0.5) is 5.82 Å². The molecule has 0 bridgehead atoms. The Bertz CT molecular complexity index is 579. The monoisotopic (exact) mass is 268 g/mol. The summed E-state index contributed by atoms with van der Waals surface area (Å²) in [4.78, 5) is 17.5. The van der Waals surface area contributed by atoms with Gasteiger partial charge < -0.3 is 4.90 Å². The Hall–Kier alpha value is -2.16. The Labute approximate surface area is 120 Å². The number of hydrogen-bond acceptors (Lipinski definition) is 3. The summed E-state index contributed by atoms with van der Waals surface area (Å²) in [6.45, 7) is 7.11. The molecule has 0 amide bonds. The number of nitrogens with zero attached hydrogens (tertiary/aromatic N) is 2. The maximum absolute atomic E-state index is 10.8. The minimum atomic E-state index is 0.337. The molecule has 0 aliphatic rings. The normalized spacial score (nSPS) is 10.6. The Morgan fingerprint density at radius 1 is 1.25 bits per heavy atom. The molecule has 0 atom stereocenters. The van der Waals surface area contributed by atoms with E-state index in [1.807, 2.05) is 31.2 Å². The molecule has 0 fully saturated rings. The number of hydrogen-bond donors (Lipinski definition) is 0. The van der Waals surface area contributed by atoms with E-state index in [4.69, 9.17) is 0 Å². The zero-order chi connectivity index (χ0) is 14.5. The van der Waals surface area contributed by atoms with Crippen LogP contribution in [-0.4, -0.2) is 17.3 Å².